The van der Waals surface area contributed by atoms with Crippen LogP contribution in [0.15, 0.2) is 122 Å². The van der Waals surface area contributed by atoms with E-state index in [1.54, 1.807) is 0 Å². The number of esters is 1. The van der Waals surface area contributed by atoms with E-state index in [0.717, 1.165) is 96.3 Å². The van der Waals surface area contributed by atoms with E-state index in [1.807, 2.05) is 12.2 Å². The molecule has 0 aliphatic heterocycles. The van der Waals surface area contributed by atoms with Crippen LogP contribution in [0, 0.1) is 0 Å². The molecule has 0 bridgehead atoms. The Balaban J connectivity index is 4.05. The fourth-order valence-corrected chi connectivity index (χ4v) is 6.09. The lowest BCUT2D eigenvalue weighted by molar-refractivity contribution is -0.147. The minimum atomic E-state index is -4.79. The number of aliphatic carboxylic acids is 1. The number of rotatable bonds is 40. The maximum atomic E-state index is 12.3. The summed E-state index contributed by atoms with van der Waals surface area (Å²) in [6.07, 6.45) is 58.0. The SMILES string of the molecule is CC/C=C\C/C=C\C/C=C\C/C=C\C/C=C\C/C=C\C/C=C\CCCC(=O)NC(COP(=O)(O)OCC(O)COC(=O)CCCCCCC/C=C\C/C=C\C/C=C\CC)C(=O)O. The molecular formula is C50H78NO10P. The smallest absolute Gasteiger partial charge is 0.472 e. The summed E-state index contributed by atoms with van der Waals surface area (Å²) >= 11 is 0. The molecule has 0 radical (unpaired) electrons. The highest BCUT2D eigenvalue weighted by Crippen LogP contribution is 2.43. The number of ether oxygens (including phenoxy) is 1. The topological polar surface area (TPSA) is 169 Å². The lowest BCUT2D eigenvalue weighted by Gasteiger charge is -2.18. The number of hydrogen-bond acceptors (Lipinski definition) is 8. The van der Waals surface area contributed by atoms with E-state index in [1.165, 1.54) is 0 Å². The molecule has 0 spiro atoms. The highest BCUT2D eigenvalue weighted by Gasteiger charge is 2.28. The summed E-state index contributed by atoms with van der Waals surface area (Å²) < 4.78 is 26.8. The average molecular weight is 884 g/mol. The van der Waals surface area contributed by atoms with Crippen LogP contribution in [0.2, 0.25) is 0 Å². The number of allylic oxidation sites excluding steroid dienone is 20. The Hall–Kier alpha value is -4.12. The van der Waals surface area contributed by atoms with Gasteiger partial charge in [0.25, 0.3) is 0 Å². The van der Waals surface area contributed by atoms with Crippen LogP contribution in [0.5, 0.6) is 0 Å². The van der Waals surface area contributed by atoms with Gasteiger partial charge in [-0.2, -0.15) is 0 Å². The molecule has 0 aromatic carbocycles. The molecule has 0 aliphatic rings. The van der Waals surface area contributed by atoms with Crippen molar-refractivity contribution >= 4 is 25.7 Å². The zero-order chi connectivity index (χ0) is 45.6. The van der Waals surface area contributed by atoms with Crippen molar-refractivity contribution in [3.8, 4) is 0 Å². The standard InChI is InChI=1S/C50H78NO10P/c1-3-5-7-9-11-13-15-17-19-20-21-22-23-24-25-26-28-29-31-33-35-37-39-41-48(53)51-47(50(55)56)45-61-62(57,58)60-44-46(52)43-59-49(54)42-40-38-36-34-32-30-27-18-16-14-12-10-8-6-4-2/h5-8,11-14,17-19,21-22,24-25,27-29,33,35,46-47,52H,3-4,9-10,15-16,20,23,26,30-32,34,36-45H2,1-2H3,(H,51,53)(H,55,56)(H,57,58)/b7-5-,8-6-,13-11-,14-12-,19-17-,22-21-,25-24-,27-18-,29-28-,35-33-. The van der Waals surface area contributed by atoms with Crippen molar-refractivity contribution in [3.05, 3.63) is 122 Å². The first-order valence-corrected chi connectivity index (χ1v) is 24.1. The first-order chi connectivity index (χ1) is 30.1. The van der Waals surface area contributed by atoms with Gasteiger partial charge in [-0.3, -0.25) is 18.6 Å². The second kappa shape index (κ2) is 43.5. The zero-order valence-electron chi connectivity index (χ0n) is 37.6. The third-order valence-corrected chi connectivity index (χ3v) is 9.70. The number of phosphoric ester groups is 1. The molecule has 0 saturated heterocycles. The molecule has 0 aromatic rings. The summed E-state index contributed by atoms with van der Waals surface area (Å²) in [5.41, 5.74) is 0. The van der Waals surface area contributed by atoms with Crippen molar-refractivity contribution in [2.45, 2.75) is 154 Å². The molecule has 348 valence electrons. The van der Waals surface area contributed by atoms with Gasteiger partial charge in [-0.25, -0.2) is 9.36 Å². The summed E-state index contributed by atoms with van der Waals surface area (Å²) in [6, 6.07) is -1.59. The second-order valence-electron chi connectivity index (χ2n) is 14.5. The van der Waals surface area contributed by atoms with Crippen molar-refractivity contribution in [1.29, 1.82) is 0 Å². The van der Waals surface area contributed by atoms with Crippen molar-refractivity contribution in [2.24, 2.45) is 0 Å². The lowest BCUT2D eigenvalue weighted by Crippen LogP contribution is -2.43. The number of amides is 1. The minimum absolute atomic E-state index is 0.0560. The Kier molecular flexibility index (Phi) is 40.6. The summed E-state index contributed by atoms with van der Waals surface area (Å²) in [5.74, 6) is -2.50. The van der Waals surface area contributed by atoms with Crippen molar-refractivity contribution in [1.82, 2.24) is 5.32 Å². The van der Waals surface area contributed by atoms with Gasteiger partial charge in [0, 0.05) is 12.8 Å². The Labute approximate surface area is 373 Å². The number of carbonyl (C=O) groups is 3. The van der Waals surface area contributed by atoms with Crippen LogP contribution in [-0.4, -0.2) is 64.9 Å². The fourth-order valence-electron chi connectivity index (χ4n) is 5.32. The molecule has 3 unspecified atom stereocenters. The molecule has 0 heterocycles. The second-order valence-corrected chi connectivity index (χ2v) is 15.9. The maximum Gasteiger partial charge on any atom is 0.472 e. The molecule has 0 saturated carbocycles. The van der Waals surface area contributed by atoms with Crippen LogP contribution in [0.4, 0.5) is 0 Å². The molecule has 1 amide bonds. The van der Waals surface area contributed by atoms with Gasteiger partial charge in [0.05, 0.1) is 13.2 Å². The van der Waals surface area contributed by atoms with Crippen molar-refractivity contribution < 1.29 is 47.8 Å². The first kappa shape index (κ1) is 57.9. The van der Waals surface area contributed by atoms with Gasteiger partial charge in [-0.05, 0) is 96.3 Å². The number of carboxylic acid groups (broad SMARTS) is 1. The van der Waals surface area contributed by atoms with Crippen LogP contribution in [0.1, 0.15) is 142 Å². The molecule has 11 nitrogen and oxygen atoms in total. The third-order valence-electron chi connectivity index (χ3n) is 8.75. The number of aliphatic hydroxyl groups is 1. The van der Waals surface area contributed by atoms with Crippen LogP contribution < -0.4 is 5.32 Å². The number of phosphoric acid groups is 1. The maximum absolute atomic E-state index is 12.3. The molecule has 0 rings (SSSR count). The number of carboxylic acids is 1. The highest BCUT2D eigenvalue weighted by molar-refractivity contribution is 7.47. The number of nitrogens with one attached hydrogen (secondary N) is 1. The number of unbranched alkanes of at least 4 members (excludes halogenated alkanes) is 6. The van der Waals surface area contributed by atoms with Crippen LogP contribution in [0.25, 0.3) is 0 Å². The fraction of sp³-hybridized carbons (Fsp3) is 0.540. The number of carbonyl (C=O) groups excluding carboxylic acids is 2. The van der Waals surface area contributed by atoms with Crippen LogP contribution in [0.3, 0.4) is 0 Å². The Bertz CT molecular complexity index is 1500. The van der Waals surface area contributed by atoms with E-state index in [-0.39, 0.29) is 12.8 Å². The van der Waals surface area contributed by atoms with E-state index in [2.05, 4.69) is 129 Å². The number of aliphatic hydroxyl groups excluding tert-OH is 1. The lowest BCUT2D eigenvalue weighted by atomic mass is 10.1. The molecule has 3 atom stereocenters. The Morgan fingerprint density at radius 1 is 0.516 bits per heavy atom. The van der Waals surface area contributed by atoms with Crippen LogP contribution >= 0.6 is 7.82 Å². The predicted octanol–water partition coefficient (Wildman–Crippen LogP) is 12.0. The van der Waals surface area contributed by atoms with E-state index in [0.29, 0.717) is 19.3 Å². The normalized spacial score (nSPS) is 14.8. The van der Waals surface area contributed by atoms with Crippen LogP contribution in [-0.2, 0) is 32.7 Å². The molecule has 0 fully saturated rings. The van der Waals surface area contributed by atoms with Gasteiger partial charge in [-0.15, -0.1) is 0 Å². The molecular weight excluding hydrogens is 806 g/mol. The first-order valence-electron chi connectivity index (χ1n) is 22.6. The Morgan fingerprint density at radius 3 is 1.35 bits per heavy atom. The average Bonchev–Trinajstić information content (AvgIpc) is 3.25. The van der Waals surface area contributed by atoms with Gasteiger partial charge in [0.15, 0.2) is 6.04 Å². The van der Waals surface area contributed by atoms with E-state index in [9.17, 15) is 34.1 Å². The molecule has 0 aromatic heterocycles. The molecule has 4 N–H and O–H groups in total. The zero-order valence-corrected chi connectivity index (χ0v) is 38.5. The molecule has 12 heteroatoms. The quantitative estimate of drug-likeness (QED) is 0.0201. The molecule has 0 aliphatic carbocycles. The molecule has 62 heavy (non-hydrogen) atoms. The predicted molar refractivity (Wildman–Crippen MR) is 253 cm³/mol. The third kappa shape index (κ3) is 42.6. The summed E-state index contributed by atoms with van der Waals surface area (Å²) in [6.45, 7) is 2.28. The van der Waals surface area contributed by atoms with Gasteiger partial charge in [-0.1, -0.05) is 155 Å². The van der Waals surface area contributed by atoms with E-state index >= 15 is 0 Å². The van der Waals surface area contributed by atoms with Gasteiger partial charge in [0.2, 0.25) is 5.91 Å². The summed E-state index contributed by atoms with van der Waals surface area (Å²) in [7, 11) is -4.79. The van der Waals surface area contributed by atoms with Gasteiger partial charge in [0.1, 0.15) is 12.7 Å². The number of hydrogen-bond donors (Lipinski definition) is 4. The van der Waals surface area contributed by atoms with Crippen molar-refractivity contribution in [3.63, 3.8) is 0 Å². The van der Waals surface area contributed by atoms with Gasteiger partial charge < -0.3 is 25.2 Å². The summed E-state index contributed by atoms with van der Waals surface area (Å²) in [5, 5.41) is 21.8. The van der Waals surface area contributed by atoms with Gasteiger partial charge >= 0.3 is 19.8 Å². The Morgan fingerprint density at radius 2 is 0.903 bits per heavy atom. The summed E-state index contributed by atoms with van der Waals surface area (Å²) in [4.78, 5) is 45.9. The monoisotopic (exact) mass is 884 g/mol. The van der Waals surface area contributed by atoms with Crippen molar-refractivity contribution in [2.75, 3.05) is 19.8 Å². The van der Waals surface area contributed by atoms with E-state index in [4.69, 9.17) is 13.8 Å². The largest absolute Gasteiger partial charge is 0.480 e. The minimum Gasteiger partial charge on any atom is -0.480 e. The van der Waals surface area contributed by atoms with E-state index < -0.39 is 57.6 Å². The highest BCUT2D eigenvalue weighted by atomic mass is 31.2.